The van der Waals surface area contributed by atoms with E-state index in [1.165, 1.54) is 0 Å². The van der Waals surface area contributed by atoms with Crippen molar-refractivity contribution in [1.29, 1.82) is 0 Å². The molecular formula is C13H25N3O3. The number of nitrogens with zero attached hydrogens (tertiary/aromatic N) is 2. The van der Waals surface area contributed by atoms with Crippen LogP contribution < -0.4 is 5.32 Å². The largest absolute Gasteiger partial charge is 0.396 e. The number of rotatable bonds is 7. The molecule has 19 heavy (non-hydrogen) atoms. The lowest BCUT2D eigenvalue weighted by atomic mass is 10.2. The Morgan fingerprint density at radius 1 is 1.16 bits per heavy atom. The van der Waals surface area contributed by atoms with E-state index in [0.717, 1.165) is 19.5 Å². The smallest absolute Gasteiger partial charge is 0.234 e. The van der Waals surface area contributed by atoms with Gasteiger partial charge in [-0.2, -0.15) is 0 Å². The summed E-state index contributed by atoms with van der Waals surface area (Å²) < 4.78 is 0. The maximum Gasteiger partial charge on any atom is 0.234 e. The van der Waals surface area contributed by atoms with Crippen molar-refractivity contribution in [2.75, 3.05) is 45.9 Å². The lowest BCUT2D eigenvalue weighted by Gasteiger charge is -2.34. The normalized spacial score (nSPS) is 16.4. The van der Waals surface area contributed by atoms with Gasteiger partial charge in [-0.3, -0.25) is 14.5 Å². The molecule has 2 N–H and O–H groups in total. The third kappa shape index (κ3) is 6.02. The van der Waals surface area contributed by atoms with Gasteiger partial charge in [0.05, 0.1) is 6.54 Å². The Balaban J connectivity index is 2.21. The Labute approximate surface area is 114 Å². The fraction of sp³-hybridized carbons (Fsp3) is 0.846. The van der Waals surface area contributed by atoms with Crippen molar-refractivity contribution < 1.29 is 14.7 Å². The number of aliphatic hydroxyl groups excluding tert-OH is 1. The number of hydrogen-bond donors (Lipinski definition) is 2. The van der Waals surface area contributed by atoms with Crippen LogP contribution >= 0.6 is 0 Å². The maximum atomic E-state index is 11.9. The summed E-state index contributed by atoms with van der Waals surface area (Å²) in [5.41, 5.74) is 0. The lowest BCUT2D eigenvalue weighted by molar-refractivity contribution is -0.133. The van der Waals surface area contributed by atoms with Crippen molar-refractivity contribution in [3.8, 4) is 0 Å². The van der Waals surface area contributed by atoms with Crippen LogP contribution in [0.5, 0.6) is 0 Å². The second kappa shape index (κ2) is 8.87. The number of aliphatic hydroxyl groups is 1. The fourth-order valence-corrected chi connectivity index (χ4v) is 2.16. The van der Waals surface area contributed by atoms with Crippen LogP contribution in [-0.2, 0) is 9.59 Å². The Bertz CT molecular complexity index is 289. The first-order chi connectivity index (χ1) is 9.17. The highest BCUT2D eigenvalue weighted by molar-refractivity contribution is 5.78. The van der Waals surface area contributed by atoms with Crippen LogP contribution in [0.25, 0.3) is 0 Å². The molecule has 1 rings (SSSR count). The summed E-state index contributed by atoms with van der Waals surface area (Å²) >= 11 is 0. The van der Waals surface area contributed by atoms with Gasteiger partial charge in [-0.25, -0.2) is 0 Å². The van der Waals surface area contributed by atoms with Gasteiger partial charge in [0.15, 0.2) is 0 Å². The zero-order valence-electron chi connectivity index (χ0n) is 11.7. The topological polar surface area (TPSA) is 72.9 Å². The first-order valence-electron chi connectivity index (χ1n) is 7.05. The van der Waals surface area contributed by atoms with Crippen LogP contribution in [-0.4, -0.2) is 72.6 Å². The SMILES string of the molecule is CCNC(=O)CN1CCN(C(=O)CCCCO)CC1. The Hall–Kier alpha value is -1.14. The molecule has 6 heteroatoms. The number of hydrogen-bond acceptors (Lipinski definition) is 4. The van der Waals surface area contributed by atoms with Gasteiger partial charge in [-0.15, -0.1) is 0 Å². The zero-order chi connectivity index (χ0) is 14.1. The monoisotopic (exact) mass is 271 g/mol. The van der Waals surface area contributed by atoms with Crippen molar-refractivity contribution in [3.05, 3.63) is 0 Å². The number of amides is 2. The van der Waals surface area contributed by atoms with E-state index in [9.17, 15) is 9.59 Å². The number of nitrogens with one attached hydrogen (secondary N) is 1. The van der Waals surface area contributed by atoms with Crippen molar-refractivity contribution in [3.63, 3.8) is 0 Å². The molecule has 0 saturated carbocycles. The van der Waals surface area contributed by atoms with Crippen molar-refractivity contribution in [2.45, 2.75) is 26.2 Å². The van der Waals surface area contributed by atoms with Crippen molar-refractivity contribution in [1.82, 2.24) is 15.1 Å². The van der Waals surface area contributed by atoms with Crippen LogP contribution in [0, 0.1) is 0 Å². The van der Waals surface area contributed by atoms with Crippen LogP contribution in [0.3, 0.4) is 0 Å². The van der Waals surface area contributed by atoms with E-state index in [4.69, 9.17) is 5.11 Å². The number of piperazine rings is 1. The van der Waals surface area contributed by atoms with E-state index in [1.54, 1.807) is 0 Å². The van der Waals surface area contributed by atoms with Crippen LogP contribution in [0.15, 0.2) is 0 Å². The molecule has 0 bridgehead atoms. The molecule has 0 aromatic carbocycles. The second-order valence-corrected chi connectivity index (χ2v) is 4.79. The molecule has 110 valence electrons. The molecule has 0 aromatic heterocycles. The minimum absolute atomic E-state index is 0.0465. The van der Waals surface area contributed by atoms with E-state index in [2.05, 4.69) is 10.2 Å². The standard InChI is InChI=1S/C13H25N3O3/c1-2-14-12(18)11-15-6-8-16(9-7-15)13(19)5-3-4-10-17/h17H,2-11H2,1H3,(H,14,18). The molecule has 1 heterocycles. The molecule has 0 aliphatic carbocycles. The Morgan fingerprint density at radius 3 is 2.42 bits per heavy atom. The number of carbonyl (C=O) groups excluding carboxylic acids is 2. The van der Waals surface area contributed by atoms with Gasteiger partial charge < -0.3 is 15.3 Å². The molecule has 0 unspecified atom stereocenters. The fourth-order valence-electron chi connectivity index (χ4n) is 2.16. The maximum absolute atomic E-state index is 11.9. The summed E-state index contributed by atoms with van der Waals surface area (Å²) in [5, 5.41) is 11.5. The molecular weight excluding hydrogens is 246 g/mol. The van der Waals surface area contributed by atoms with Gasteiger partial charge in [0.1, 0.15) is 0 Å². The summed E-state index contributed by atoms with van der Waals surface area (Å²) in [7, 11) is 0. The summed E-state index contributed by atoms with van der Waals surface area (Å²) in [5.74, 6) is 0.205. The first kappa shape index (κ1) is 15.9. The second-order valence-electron chi connectivity index (χ2n) is 4.79. The van der Waals surface area contributed by atoms with E-state index in [0.29, 0.717) is 39.0 Å². The zero-order valence-corrected chi connectivity index (χ0v) is 11.7. The highest BCUT2D eigenvalue weighted by Crippen LogP contribution is 2.06. The molecule has 0 spiro atoms. The molecule has 1 aliphatic heterocycles. The summed E-state index contributed by atoms with van der Waals surface area (Å²) in [4.78, 5) is 27.2. The predicted molar refractivity (Wildman–Crippen MR) is 72.6 cm³/mol. The van der Waals surface area contributed by atoms with Crippen LogP contribution in [0.2, 0.25) is 0 Å². The van der Waals surface area contributed by atoms with Crippen LogP contribution in [0.1, 0.15) is 26.2 Å². The van der Waals surface area contributed by atoms with Crippen molar-refractivity contribution in [2.24, 2.45) is 0 Å². The van der Waals surface area contributed by atoms with Gasteiger partial charge in [0.2, 0.25) is 11.8 Å². The average molecular weight is 271 g/mol. The molecule has 2 amide bonds. The highest BCUT2D eigenvalue weighted by Gasteiger charge is 2.21. The summed E-state index contributed by atoms with van der Waals surface area (Å²) in [6.07, 6.45) is 1.94. The predicted octanol–water partition coefficient (Wildman–Crippen LogP) is -0.571. The first-order valence-corrected chi connectivity index (χ1v) is 7.05. The Morgan fingerprint density at radius 2 is 1.84 bits per heavy atom. The molecule has 1 aliphatic rings. The summed E-state index contributed by atoms with van der Waals surface area (Å²) in [6, 6.07) is 0. The minimum Gasteiger partial charge on any atom is -0.396 e. The molecule has 1 fully saturated rings. The molecule has 0 atom stereocenters. The quantitative estimate of drug-likeness (QED) is 0.608. The molecule has 0 aromatic rings. The van der Waals surface area contributed by atoms with E-state index in [-0.39, 0.29) is 18.4 Å². The number of likely N-dealkylation sites (N-methyl/N-ethyl adjacent to an activating group) is 1. The van der Waals surface area contributed by atoms with E-state index < -0.39 is 0 Å². The van der Waals surface area contributed by atoms with E-state index >= 15 is 0 Å². The van der Waals surface area contributed by atoms with Gasteiger partial charge in [0, 0.05) is 45.8 Å². The van der Waals surface area contributed by atoms with Crippen molar-refractivity contribution >= 4 is 11.8 Å². The van der Waals surface area contributed by atoms with Gasteiger partial charge in [-0.05, 0) is 19.8 Å². The highest BCUT2D eigenvalue weighted by atomic mass is 16.3. The molecule has 0 radical (unpaired) electrons. The lowest BCUT2D eigenvalue weighted by Crippen LogP contribution is -2.51. The third-order valence-corrected chi connectivity index (χ3v) is 3.26. The summed E-state index contributed by atoms with van der Waals surface area (Å²) in [6.45, 7) is 6.01. The number of carbonyl (C=O) groups is 2. The van der Waals surface area contributed by atoms with Crippen LogP contribution in [0.4, 0.5) is 0 Å². The molecule has 1 saturated heterocycles. The van der Waals surface area contributed by atoms with Gasteiger partial charge in [-0.1, -0.05) is 0 Å². The average Bonchev–Trinajstić information content (AvgIpc) is 2.40. The number of unbranched alkanes of at least 4 members (excludes halogenated alkanes) is 1. The Kier molecular flexibility index (Phi) is 7.43. The van der Waals surface area contributed by atoms with Gasteiger partial charge in [0.25, 0.3) is 0 Å². The molecule has 6 nitrogen and oxygen atoms in total. The minimum atomic E-state index is 0.0465. The third-order valence-electron chi connectivity index (χ3n) is 3.26. The van der Waals surface area contributed by atoms with E-state index in [1.807, 2.05) is 11.8 Å². The van der Waals surface area contributed by atoms with Gasteiger partial charge >= 0.3 is 0 Å².